The lowest BCUT2D eigenvalue weighted by atomic mass is 9.75. The molecule has 1 saturated carbocycles. The van der Waals surface area contributed by atoms with Crippen molar-refractivity contribution in [2.75, 3.05) is 13.2 Å². The molecule has 0 aliphatic heterocycles. The van der Waals surface area contributed by atoms with Crippen LogP contribution in [0.4, 0.5) is 0 Å². The van der Waals surface area contributed by atoms with Crippen LogP contribution in [0.5, 0.6) is 0 Å². The number of carbonyl (C=O) groups excluding carboxylic acids is 6. The summed E-state index contributed by atoms with van der Waals surface area (Å²) in [7, 11) is 0. The standard InChI is InChI=1S/C41H56O13/c1-24(2)20-49-34-32(22-48-26(4)42)19-33-37(52-28(6)44)40(11,53-29(7)45)23-41(33,54-30(8)46)36(47)25(3)17-18-39(9,10)38(35(34)51-27(5)43)50-21-31-15-13-12-14-16-31/h12-19,24-25,33-35,37-38H,20-23H2,1-11H3/b18-17+,32-19-/t25-,33+,34+,35-,37-,38-,40-,41-/m1/s1. The lowest BCUT2D eigenvalue weighted by molar-refractivity contribution is -0.181. The van der Waals surface area contributed by atoms with Gasteiger partial charge in [-0.2, -0.15) is 0 Å². The molecule has 1 aromatic carbocycles. The first-order chi connectivity index (χ1) is 25.1. The average Bonchev–Trinajstić information content (AvgIpc) is 3.26. The number of ether oxygens (including phenoxy) is 7. The van der Waals surface area contributed by atoms with Gasteiger partial charge in [-0.25, -0.2) is 0 Å². The summed E-state index contributed by atoms with van der Waals surface area (Å²) >= 11 is 0. The molecule has 0 N–H and O–H groups in total. The Morgan fingerprint density at radius 1 is 0.778 bits per heavy atom. The zero-order valence-corrected chi connectivity index (χ0v) is 33.3. The minimum absolute atomic E-state index is 0.0361. The fraction of sp³-hybridized carbons (Fsp3) is 0.610. The molecule has 13 heteroatoms. The fourth-order valence-corrected chi connectivity index (χ4v) is 7.32. The minimum Gasteiger partial charge on any atom is -0.461 e. The SMILES string of the molecule is CC(=O)OC/C1=C/[C@H]2[C@@H](OC(C)=O)[C@](C)(OC(C)=O)C[C@]2(OC(C)=O)C(=O)[C@H](C)/C=C/C(C)(C)[C@H](OCc2ccccc2)[C@H](OC(C)=O)[C@H]1OCC(C)C. The highest BCUT2D eigenvalue weighted by molar-refractivity contribution is 5.94. The molecule has 0 saturated heterocycles. The number of fused-ring (bicyclic) bond motifs is 1. The first-order valence-electron chi connectivity index (χ1n) is 18.2. The summed E-state index contributed by atoms with van der Waals surface area (Å²) in [4.78, 5) is 78.7. The van der Waals surface area contributed by atoms with Crippen LogP contribution in [-0.4, -0.2) is 84.5 Å². The zero-order valence-electron chi connectivity index (χ0n) is 33.3. The van der Waals surface area contributed by atoms with Crippen LogP contribution in [0.3, 0.4) is 0 Å². The number of benzene rings is 1. The molecule has 1 aromatic rings. The number of Topliss-reactive ketones (excluding diaryl/α,β-unsaturated/α-hetero) is 1. The highest BCUT2D eigenvalue weighted by Crippen LogP contribution is 2.52. The maximum Gasteiger partial charge on any atom is 0.303 e. The van der Waals surface area contributed by atoms with Crippen molar-refractivity contribution in [2.24, 2.45) is 23.2 Å². The Morgan fingerprint density at radius 2 is 1.39 bits per heavy atom. The summed E-state index contributed by atoms with van der Waals surface area (Å²) in [6, 6.07) is 9.40. The third-order valence-electron chi connectivity index (χ3n) is 9.44. The van der Waals surface area contributed by atoms with Crippen molar-refractivity contribution in [1.82, 2.24) is 0 Å². The number of hydrogen-bond donors (Lipinski definition) is 0. The van der Waals surface area contributed by atoms with Crippen molar-refractivity contribution in [1.29, 1.82) is 0 Å². The van der Waals surface area contributed by atoms with Gasteiger partial charge in [0.05, 0.1) is 12.5 Å². The van der Waals surface area contributed by atoms with Gasteiger partial charge in [-0.05, 0) is 24.0 Å². The molecule has 0 unspecified atom stereocenters. The van der Waals surface area contributed by atoms with Gasteiger partial charge < -0.3 is 33.2 Å². The van der Waals surface area contributed by atoms with Crippen LogP contribution in [0, 0.1) is 23.2 Å². The van der Waals surface area contributed by atoms with Crippen LogP contribution in [0.25, 0.3) is 0 Å². The van der Waals surface area contributed by atoms with Crippen LogP contribution >= 0.6 is 0 Å². The normalized spacial score (nSPS) is 31.0. The van der Waals surface area contributed by atoms with Crippen LogP contribution in [0.1, 0.15) is 88.1 Å². The molecule has 13 nitrogen and oxygen atoms in total. The third-order valence-corrected chi connectivity index (χ3v) is 9.44. The number of allylic oxidation sites excluding steroid dienone is 1. The summed E-state index contributed by atoms with van der Waals surface area (Å²) in [5, 5.41) is 0. The van der Waals surface area contributed by atoms with Crippen LogP contribution in [0.15, 0.2) is 54.1 Å². The predicted octanol–water partition coefficient (Wildman–Crippen LogP) is 5.41. The van der Waals surface area contributed by atoms with E-state index in [-0.39, 0.29) is 31.1 Å². The van der Waals surface area contributed by atoms with Gasteiger partial charge >= 0.3 is 29.8 Å². The summed E-state index contributed by atoms with van der Waals surface area (Å²) in [5.41, 5.74) is -3.70. The molecular formula is C41H56O13. The monoisotopic (exact) mass is 756 g/mol. The number of hydrogen-bond acceptors (Lipinski definition) is 13. The Labute approximate surface area is 318 Å². The second-order valence-corrected chi connectivity index (χ2v) is 15.4. The van der Waals surface area contributed by atoms with Gasteiger partial charge in [-0.15, -0.1) is 0 Å². The Hall–Kier alpha value is -4.36. The highest BCUT2D eigenvalue weighted by atomic mass is 16.6. The predicted molar refractivity (Wildman–Crippen MR) is 195 cm³/mol. The number of esters is 5. The van der Waals surface area contributed by atoms with E-state index in [1.54, 1.807) is 19.1 Å². The Morgan fingerprint density at radius 3 is 1.93 bits per heavy atom. The minimum atomic E-state index is -2.08. The molecule has 0 aromatic heterocycles. The molecule has 2 aliphatic carbocycles. The summed E-state index contributed by atoms with van der Waals surface area (Å²) in [6.07, 6.45) is -0.175. The number of rotatable bonds is 12. The van der Waals surface area contributed by atoms with E-state index in [1.807, 2.05) is 58.0 Å². The van der Waals surface area contributed by atoms with Crippen molar-refractivity contribution >= 4 is 35.6 Å². The van der Waals surface area contributed by atoms with Crippen molar-refractivity contribution in [3.8, 4) is 0 Å². The van der Waals surface area contributed by atoms with Gasteiger partial charge in [0.15, 0.2) is 29.2 Å². The van der Waals surface area contributed by atoms with E-state index in [0.29, 0.717) is 0 Å². The van der Waals surface area contributed by atoms with E-state index < -0.39 is 95.1 Å². The molecule has 298 valence electrons. The molecule has 0 spiro atoms. The van der Waals surface area contributed by atoms with Crippen molar-refractivity contribution in [3.63, 3.8) is 0 Å². The molecular weight excluding hydrogens is 700 g/mol. The molecule has 0 bridgehead atoms. The quantitative estimate of drug-likeness (QED) is 0.151. The van der Waals surface area contributed by atoms with Crippen LogP contribution in [-0.2, 0) is 68.5 Å². The molecule has 0 heterocycles. The second-order valence-electron chi connectivity index (χ2n) is 15.4. The molecule has 1 fully saturated rings. The molecule has 54 heavy (non-hydrogen) atoms. The topological polar surface area (TPSA) is 167 Å². The van der Waals surface area contributed by atoms with Crippen molar-refractivity contribution in [2.45, 2.75) is 125 Å². The van der Waals surface area contributed by atoms with Gasteiger partial charge in [0.1, 0.15) is 18.8 Å². The van der Waals surface area contributed by atoms with Crippen LogP contribution in [0.2, 0.25) is 0 Å². The Bertz CT molecular complexity index is 1590. The van der Waals surface area contributed by atoms with E-state index in [2.05, 4.69) is 0 Å². The third kappa shape index (κ3) is 11.1. The van der Waals surface area contributed by atoms with E-state index in [9.17, 15) is 28.8 Å². The first-order valence-corrected chi connectivity index (χ1v) is 18.2. The summed E-state index contributed by atoms with van der Waals surface area (Å²) in [6.45, 7) is 16.5. The maximum absolute atomic E-state index is 14.9. The van der Waals surface area contributed by atoms with E-state index >= 15 is 0 Å². The van der Waals surface area contributed by atoms with Gasteiger partial charge in [0, 0.05) is 59.0 Å². The molecule has 0 amide bonds. The first kappa shape index (κ1) is 44.0. The van der Waals surface area contributed by atoms with Crippen LogP contribution < -0.4 is 0 Å². The molecule has 8 atom stereocenters. The fourth-order valence-electron chi connectivity index (χ4n) is 7.32. The van der Waals surface area contributed by atoms with Gasteiger partial charge in [0.25, 0.3) is 0 Å². The van der Waals surface area contributed by atoms with Crippen molar-refractivity contribution in [3.05, 3.63) is 59.7 Å². The average molecular weight is 757 g/mol. The van der Waals surface area contributed by atoms with Crippen molar-refractivity contribution < 1.29 is 61.9 Å². The Kier molecular flexibility index (Phi) is 14.9. The number of ketones is 1. The highest BCUT2D eigenvalue weighted by Gasteiger charge is 2.68. The van der Waals surface area contributed by atoms with Gasteiger partial charge in [-0.3, -0.25) is 28.8 Å². The van der Waals surface area contributed by atoms with Gasteiger partial charge in [-0.1, -0.05) is 83.2 Å². The van der Waals surface area contributed by atoms with Gasteiger partial charge in [0.2, 0.25) is 0 Å². The van der Waals surface area contributed by atoms with E-state index in [1.165, 1.54) is 33.8 Å². The van der Waals surface area contributed by atoms with E-state index in [4.69, 9.17) is 33.2 Å². The molecule has 0 radical (unpaired) electrons. The second kappa shape index (κ2) is 18.3. The van der Waals surface area contributed by atoms with E-state index in [0.717, 1.165) is 19.4 Å². The molecule has 3 rings (SSSR count). The lowest BCUT2D eigenvalue weighted by Crippen LogP contribution is -2.53. The summed E-state index contributed by atoms with van der Waals surface area (Å²) < 4.78 is 42.7. The zero-order chi connectivity index (χ0) is 40.6. The smallest absolute Gasteiger partial charge is 0.303 e. The Balaban J connectivity index is 2.53. The largest absolute Gasteiger partial charge is 0.461 e. The lowest BCUT2D eigenvalue weighted by Gasteiger charge is -2.42. The maximum atomic E-state index is 14.9. The number of carbonyl (C=O) groups is 6. The summed E-state index contributed by atoms with van der Waals surface area (Å²) in [5.74, 6) is -6.48. The molecule has 2 aliphatic rings.